The van der Waals surface area contributed by atoms with Crippen molar-refractivity contribution in [3.63, 3.8) is 0 Å². The highest BCUT2D eigenvalue weighted by atomic mass is 16.6. The summed E-state index contributed by atoms with van der Waals surface area (Å²) in [6.45, 7) is 1.76. The number of phenols is 1. The number of hydrogen-bond donors (Lipinski definition) is 3. The van der Waals surface area contributed by atoms with Crippen molar-refractivity contribution < 1.29 is 19.6 Å². The molecule has 2 heterocycles. The molecule has 0 bridgehead atoms. The van der Waals surface area contributed by atoms with Gasteiger partial charge < -0.3 is 20.5 Å². The molecule has 11 nitrogen and oxygen atoms in total. The smallest absolute Gasteiger partial charge is 0.269 e. The third-order valence-electron chi connectivity index (χ3n) is 5.97. The minimum absolute atomic E-state index is 0.0374. The molecule has 1 aliphatic heterocycles. The fraction of sp³-hybridized carbons (Fsp3) is 0.115. The summed E-state index contributed by atoms with van der Waals surface area (Å²) >= 11 is 0. The number of allylic oxidation sites excluding steroid dienone is 1. The lowest BCUT2D eigenvalue weighted by Crippen LogP contribution is -2.31. The maximum Gasteiger partial charge on any atom is 0.269 e. The van der Waals surface area contributed by atoms with E-state index < -0.39 is 11.0 Å². The average molecular weight is 498 g/mol. The monoisotopic (exact) mass is 498 g/mol. The first-order chi connectivity index (χ1) is 17.9. The molecule has 11 heteroatoms. The van der Waals surface area contributed by atoms with Gasteiger partial charge in [0, 0.05) is 23.4 Å². The van der Waals surface area contributed by atoms with E-state index in [1.54, 1.807) is 72.3 Å². The van der Waals surface area contributed by atoms with E-state index in [2.05, 4.69) is 20.7 Å². The van der Waals surface area contributed by atoms with E-state index in [1.165, 1.54) is 19.2 Å². The van der Waals surface area contributed by atoms with E-state index in [-0.39, 0.29) is 17.3 Å². The summed E-state index contributed by atoms with van der Waals surface area (Å²) in [5.74, 6) is 0.861. The number of benzene rings is 3. The molecule has 0 spiro atoms. The number of carbonyl (C=O) groups excluding carboxylic acids is 1. The van der Waals surface area contributed by atoms with Gasteiger partial charge in [-0.15, -0.1) is 5.10 Å². The van der Waals surface area contributed by atoms with E-state index >= 15 is 0 Å². The number of aromatic hydroxyl groups is 1. The Hall–Kier alpha value is -5.19. The van der Waals surface area contributed by atoms with Gasteiger partial charge in [0.25, 0.3) is 11.6 Å². The molecule has 1 atom stereocenters. The molecule has 1 aromatic heterocycles. The number of nitro groups is 1. The molecule has 37 heavy (non-hydrogen) atoms. The standard InChI is InChI=1S/C26H22N6O5/c1-15-22(25(34)28-20-8-3-4-9-21(20)37-2)23(17-6-5-7-19(33)14-17)31-26(27-15)29-24(30-31)16-10-12-18(13-11-16)32(35)36/h3-14,23,33H,1-2H3,(H,28,34)(H,27,29,30). The Kier molecular flexibility index (Phi) is 6.02. The molecular weight excluding hydrogens is 476 g/mol. The van der Waals surface area contributed by atoms with Gasteiger partial charge in [-0.3, -0.25) is 14.9 Å². The van der Waals surface area contributed by atoms with E-state index in [1.807, 2.05) is 0 Å². The summed E-state index contributed by atoms with van der Waals surface area (Å²) in [5, 5.41) is 31.9. The van der Waals surface area contributed by atoms with Gasteiger partial charge in [0.2, 0.25) is 5.95 Å². The molecule has 3 N–H and O–H groups in total. The summed E-state index contributed by atoms with van der Waals surface area (Å²) in [4.78, 5) is 28.8. The molecular formula is C26H22N6O5. The number of ether oxygens (including phenoxy) is 1. The van der Waals surface area contributed by atoms with Crippen molar-refractivity contribution in [2.24, 2.45) is 0 Å². The van der Waals surface area contributed by atoms with Crippen LogP contribution in [0.3, 0.4) is 0 Å². The van der Waals surface area contributed by atoms with Crippen LogP contribution in [0.2, 0.25) is 0 Å². The van der Waals surface area contributed by atoms with Crippen LogP contribution in [0.5, 0.6) is 11.5 Å². The van der Waals surface area contributed by atoms with Crippen LogP contribution >= 0.6 is 0 Å². The average Bonchev–Trinajstić information content (AvgIpc) is 3.31. The van der Waals surface area contributed by atoms with Crippen LogP contribution in [0.4, 0.5) is 17.3 Å². The Balaban J connectivity index is 1.58. The maximum absolute atomic E-state index is 13.7. The zero-order valence-electron chi connectivity index (χ0n) is 19.9. The fourth-order valence-electron chi connectivity index (χ4n) is 4.24. The normalized spacial score (nSPS) is 14.5. The Bertz CT molecular complexity index is 1540. The number of non-ortho nitro benzene ring substituents is 1. The van der Waals surface area contributed by atoms with E-state index in [0.29, 0.717) is 45.6 Å². The van der Waals surface area contributed by atoms with Crippen LogP contribution in [0, 0.1) is 10.1 Å². The van der Waals surface area contributed by atoms with Gasteiger partial charge >= 0.3 is 0 Å². The summed E-state index contributed by atoms with van der Waals surface area (Å²) < 4.78 is 6.94. The van der Waals surface area contributed by atoms with Crippen molar-refractivity contribution in [2.75, 3.05) is 17.7 Å². The highest BCUT2D eigenvalue weighted by Crippen LogP contribution is 2.38. The van der Waals surface area contributed by atoms with Gasteiger partial charge in [0.05, 0.1) is 23.3 Å². The number of nitrogens with one attached hydrogen (secondary N) is 2. The lowest BCUT2D eigenvalue weighted by Gasteiger charge is -2.29. The summed E-state index contributed by atoms with van der Waals surface area (Å²) in [6, 6.07) is 18.8. The highest BCUT2D eigenvalue weighted by Gasteiger charge is 2.35. The van der Waals surface area contributed by atoms with E-state index in [9.17, 15) is 20.0 Å². The minimum Gasteiger partial charge on any atom is -0.508 e. The molecule has 1 aliphatic rings. The van der Waals surface area contributed by atoms with Crippen molar-refractivity contribution in [1.29, 1.82) is 0 Å². The lowest BCUT2D eigenvalue weighted by molar-refractivity contribution is -0.384. The predicted octanol–water partition coefficient (Wildman–Crippen LogP) is 4.50. The number of methoxy groups -OCH3 is 1. The van der Waals surface area contributed by atoms with Gasteiger partial charge in [-0.2, -0.15) is 4.98 Å². The molecule has 186 valence electrons. The number of nitro benzene ring substituents is 1. The first-order valence-corrected chi connectivity index (χ1v) is 11.3. The number of hydrogen-bond acceptors (Lipinski definition) is 8. The highest BCUT2D eigenvalue weighted by molar-refractivity contribution is 6.06. The van der Waals surface area contributed by atoms with E-state index in [0.717, 1.165) is 0 Å². The molecule has 0 saturated heterocycles. The summed E-state index contributed by atoms with van der Waals surface area (Å²) in [5.41, 5.74) is 2.56. The van der Waals surface area contributed by atoms with Crippen molar-refractivity contribution >= 4 is 23.2 Å². The molecule has 1 unspecified atom stereocenters. The second-order valence-corrected chi connectivity index (χ2v) is 8.32. The largest absolute Gasteiger partial charge is 0.508 e. The van der Waals surface area contributed by atoms with Crippen LogP contribution in [-0.4, -0.2) is 37.8 Å². The number of aromatic nitrogens is 3. The number of nitrogens with zero attached hydrogens (tertiary/aromatic N) is 4. The molecule has 5 rings (SSSR count). The first-order valence-electron chi connectivity index (χ1n) is 11.3. The summed E-state index contributed by atoms with van der Waals surface area (Å²) in [6.07, 6.45) is 0. The minimum atomic E-state index is -0.725. The van der Waals surface area contributed by atoms with Crippen LogP contribution in [0.15, 0.2) is 84.1 Å². The lowest BCUT2D eigenvalue weighted by atomic mass is 9.95. The molecule has 0 aliphatic carbocycles. The number of amides is 1. The SMILES string of the molecule is COc1ccccc1NC(=O)C1=C(C)Nc2nc(-c3ccc([N+](=O)[O-])cc3)nn2C1c1cccc(O)c1. The molecule has 4 aromatic rings. The second kappa shape index (κ2) is 9.46. The van der Waals surface area contributed by atoms with E-state index in [4.69, 9.17) is 4.74 Å². The molecule has 0 radical (unpaired) electrons. The van der Waals surface area contributed by atoms with Gasteiger partial charge in [0.15, 0.2) is 5.82 Å². The van der Waals surface area contributed by atoms with Gasteiger partial charge in [-0.1, -0.05) is 24.3 Å². The Morgan fingerprint density at radius 3 is 2.59 bits per heavy atom. The van der Waals surface area contributed by atoms with Gasteiger partial charge in [-0.25, -0.2) is 4.68 Å². The van der Waals surface area contributed by atoms with Crippen molar-refractivity contribution in [1.82, 2.24) is 14.8 Å². The number of anilines is 2. The Morgan fingerprint density at radius 1 is 1.14 bits per heavy atom. The third-order valence-corrected chi connectivity index (χ3v) is 5.97. The van der Waals surface area contributed by atoms with Gasteiger partial charge in [0.1, 0.15) is 17.5 Å². The number of phenolic OH excluding ortho intramolecular Hbond substituents is 1. The van der Waals surface area contributed by atoms with Crippen molar-refractivity contribution in [3.8, 4) is 22.9 Å². The number of carbonyl (C=O) groups is 1. The molecule has 1 amide bonds. The number of fused-ring (bicyclic) bond motifs is 1. The number of rotatable bonds is 6. The fourth-order valence-corrected chi connectivity index (χ4v) is 4.24. The quantitative estimate of drug-likeness (QED) is 0.260. The molecule has 0 saturated carbocycles. The maximum atomic E-state index is 13.7. The van der Waals surface area contributed by atoms with Crippen LogP contribution in [0.1, 0.15) is 18.5 Å². The Morgan fingerprint density at radius 2 is 1.89 bits per heavy atom. The summed E-state index contributed by atoms with van der Waals surface area (Å²) in [7, 11) is 1.52. The topological polar surface area (TPSA) is 144 Å². The Labute approximate surface area is 211 Å². The van der Waals surface area contributed by atoms with Crippen molar-refractivity contribution in [3.05, 3.63) is 99.7 Å². The number of para-hydroxylation sites is 2. The third kappa shape index (κ3) is 4.45. The molecule has 0 fully saturated rings. The van der Waals surface area contributed by atoms with Crippen LogP contribution in [-0.2, 0) is 4.79 Å². The van der Waals surface area contributed by atoms with Crippen molar-refractivity contribution in [2.45, 2.75) is 13.0 Å². The first kappa shape index (κ1) is 23.5. The predicted molar refractivity (Wildman–Crippen MR) is 136 cm³/mol. The van der Waals surface area contributed by atoms with Crippen LogP contribution in [0.25, 0.3) is 11.4 Å². The molecule has 3 aromatic carbocycles. The zero-order valence-corrected chi connectivity index (χ0v) is 19.9. The zero-order chi connectivity index (χ0) is 26.1. The van der Waals surface area contributed by atoms with Gasteiger partial charge in [-0.05, 0) is 48.9 Å². The van der Waals surface area contributed by atoms with Crippen LogP contribution < -0.4 is 15.4 Å². The second-order valence-electron chi connectivity index (χ2n) is 8.32.